The van der Waals surface area contributed by atoms with Gasteiger partial charge in [-0.15, -0.1) is 22.6 Å². The summed E-state index contributed by atoms with van der Waals surface area (Å²) in [6.07, 6.45) is 1.47. The molecule has 150 valence electrons. The summed E-state index contributed by atoms with van der Waals surface area (Å²) in [7, 11) is -3.56. The Morgan fingerprint density at radius 1 is 1.21 bits per heavy atom. The number of piperidine rings is 1. The van der Waals surface area contributed by atoms with Crippen molar-refractivity contribution in [2.45, 2.75) is 43.7 Å². The highest BCUT2D eigenvalue weighted by Crippen LogP contribution is 2.31. The zero-order chi connectivity index (χ0) is 19.0. The van der Waals surface area contributed by atoms with E-state index in [4.69, 9.17) is 5.26 Å². The minimum absolute atomic E-state index is 0. The third-order valence-corrected chi connectivity index (χ3v) is 7.45. The van der Waals surface area contributed by atoms with E-state index in [1.165, 1.54) is 6.07 Å². The lowest BCUT2D eigenvalue weighted by Crippen LogP contribution is -2.39. The Morgan fingerprint density at radius 2 is 1.96 bits per heavy atom. The first-order valence-corrected chi connectivity index (χ1v) is 10.6. The van der Waals surface area contributed by atoms with E-state index >= 15 is 0 Å². The lowest BCUT2D eigenvalue weighted by atomic mass is 9.97. The van der Waals surface area contributed by atoms with Gasteiger partial charge in [0.15, 0.2) is 0 Å². The number of aromatic nitrogens is 3. The van der Waals surface area contributed by atoms with Gasteiger partial charge in [-0.2, -0.15) is 9.57 Å². The maximum Gasteiger partial charge on any atom is 0.243 e. The van der Waals surface area contributed by atoms with Crippen molar-refractivity contribution in [2.24, 2.45) is 0 Å². The van der Waals surface area contributed by atoms with Gasteiger partial charge in [-0.05, 0) is 43.5 Å². The first kappa shape index (κ1) is 20.7. The fourth-order valence-corrected chi connectivity index (χ4v) is 5.59. The number of nitrogens with zero attached hydrogens (tertiary/aromatic N) is 5. The molecule has 10 heteroatoms. The molecule has 0 spiro atoms. The van der Waals surface area contributed by atoms with E-state index in [1.54, 1.807) is 23.4 Å². The van der Waals surface area contributed by atoms with Gasteiger partial charge in [-0.1, -0.05) is 0 Å². The van der Waals surface area contributed by atoms with Gasteiger partial charge in [0.1, 0.15) is 11.6 Å². The highest BCUT2D eigenvalue weighted by Gasteiger charge is 2.33. The summed E-state index contributed by atoms with van der Waals surface area (Å²) in [6, 6.07) is 6.76. The molecule has 3 heterocycles. The van der Waals surface area contributed by atoms with Crippen molar-refractivity contribution in [2.75, 3.05) is 19.6 Å². The Labute approximate surface area is 171 Å². The fraction of sp³-hybridized carbons (Fsp3) is 0.500. The van der Waals surface area contributed by atoms with Crippen LogP contribution in [-0.2, 0) is 23.1 Å². The van der Waals surface area contributed by atoms with Crippen LogP contribution in [0.3, 0.4) is 0 Å². The van der Waals surface area contributed by atoms with Gasteiger partial charge in [0, 0.05) is 32.1 Å². The molecule has 0 saturated carbocycles. The van der Waals surface area contributed by atoms with Gasteiger partial charge >= 0.3 is 0 Å². The molecule has 0 amide bonds. The monoisotopic (exact) mass is 422 g/mol. The number of aryl methyl sites for hydroxylation is 1. The van der Waals surface area contributed by atoms with Crippen LogP contribution in [0.5, 0.6) is 0 Å². The summed E-state index contributed by atoms with van der Waals surface area (Å²) in [6.45, 7) is 5.17. The Balaban J connectivity index is 0.00000225. The van der Waals surface area contributed by atoms with Crippen molar-refractivity contribution in [1.29, 1.82) is 5.26 Å². The number of hydrogen-bond acceptors (Lipinski definition) is 6. The molecule has 1 fully saturated rings. The highest BCUT2D eigenvalue weighted by atomic mass is 35.5. The Kier molecular flexibility index (Phi) is 6.05. The first-order chi connectivity index (χ1) is 13.0. The van der Waals surface area contributed by atoms with Crippen LogP contribution in [0.4, 0.5) is 0 Å². The van der Waals surface area contributed by atoms with Gasteiger partial charge in [0.05, 0.1) is 23.1 Å². The average Bonchev–Trinajstić information content (AvgIpc) is 3.12. The number of fused-ring (bicyclic) bond motifs is 1. The molecule has 0 unspecified atom stereocenters. The Bertz CT molecular complexity index is 1010. The van der Waals surface area contributed by atoms with E-state index < -0.39 is 10.0 Å². The van der Waals surface area contributed by atoms with E-state index in [0.29, 0.717) is 24.2 Å². The van der Waals surface area contributed by atoms with Crippen LogP contribution in [0.1, 0.15) is 41.5 Å². The van der Waals surface area contributed by atoms with Crippen molar-refractivity contribution < 1.29 is 8.42 Å². The molecule has 1 aromatic carbocycles. The molecule has 0 radical (unpaired) electrons. The molecule has 1 aromatic heterocycles. The van der Waals surface area contributed by atoms with Crippen LogP contribution < -0.4 is 5.32 Å². The number of benzene rings is 1. The van der Waals surface area contributed by atoms with Crippen molar-refractivity contribution in [1.82, 2.24) is 24.4 Å². The third-order valence-electron chi connectivity index (χ3n) is 5.39. The quantitative estimate of drug-likeness (QED) is 0.804. The zero-order valence-corrected chi connectivity index (χ0v) is 17.3. The molecule has 2 aromatic rings. The highest BCUT2D eigenvalue weighted by molar-refractivity contribution is 7.89. The first-order valence-electron chi connectivity index (χ1n) is 9.14. The molecule has 28 heavy (non-hydrogen) atoms. The fourth-order valence-electron chi connectivity index (χ4n) is 3.92. The number of rotatable bonds is 3. The van der Waals surface area contributed by atoms with Gasteiger partial charge in [0.2, 0.25) is 10.0 Å². The number of sulfonamides is 1. The van der Waals surface area contributed by atoms with Gasteiger partial charge in [-0.25, -0.2) is 8.42 Å². The minimum Gasteiger partial charge on any atom is -0.312 e. The number of halogens is 1. The predicted octanol–water partition coefficient (Wildman–Crippen LogP) is 1.55. The normalized spacial score (nSPS) is 18.1. The van der Waals surface area contributed by atoms with E-state index in [0.717, 1.165) is 44.1 Å². The van der Waals surface area contributed by atoms with Gasteiger partial charge in [0.25, 0.3) is 0 Å². The lowest BCUT2D eigenvalue weighted by molar-refractivity contribution is 0.307. The molecule has 0 aliphatic carbocycles. The minimum atomic E-state index is -3.56. The van der Waals surface area contributed by atoms with Crippen LogP contribution in [-0.4, -0.2) is 47.1 Å². The van der Waals surface area contributed by atoms with Crippen molar-refractivity contribution in [3.05, 3.63) is 41.0 Å². The van der Waals surface area contributed by atoms with Crippen molar-refractivity contribution >= 4 is 22.4 Å². The van der Waals surface area contributed by atoms with E-state index in [2.05, 4.69) is 20.1 Å². The molecule has 0 atom stereocenters. The maximum atomic E-state index is 13.0. The van der Waals surface area contributed by atoms with Crippen molar-refractivity contribution in [3.8, 4) is 6.07 Å². The van der Waals surface area contributed by atoms with Crippen molar-refractivity contribution in [3.63, 3.8) is 0 Å². The summed E-state index contributed by atoms with van der Waals surface area (Å²) < 4.78 is 29.8. The van der Waals surface area contributed by atoms with Crippen LogP contribution in [0, 0.1) is 18.3 Å². The Hall–Kier alpha value is -1.99. The summed E-state index contributed by atoms with van der Waals surface area (Å²) in [4.78, 5) is 0.283. The second kappa shape index (κ2) is 8.17. The smallest absolute Gasteiger partial charge is 0.243 e. The van der Waals surface area contributed by atoms with Crippen LogP contribution in [0.15, 0.2) is 23.1 Å². The molecule has 0 bridgehead atoms. The number of hydrogen-bond donors (Lipinski definition) is 1. The topological polar surface area (TPSA) is 104 Å². The summed E-state index contributed by atoms with van der Waals surface area (Å²) in [5.74, 6) is 2.18. The summed E-state index contributed by atoms with van der Waals surface area (Å²) in [5.41, 5.74) is 1.08. The van der Waals surface area contributed by atoms with Gasteiger partial charge in [-0.3, -0.25) is 0 Å². The molecule has 8 nitrogen and oxygen atoms in total. The van der Waals surface area contributed by atoms with E-state index in [-0.39, 0.29) is 23.2 Å². The second-order valence-electron chi connectivity index (χ2n) is 7.07. The maximum absolute atomic E-state index is 13.0. The number of nitrogens with one attached hydrogen (secondary N) is 1. The van der Waals surface area contributed by atoms with Gasteiger partial charge < -0.3 is 9.88 Å². The summed E-state index contributed by atoms with van der Waals surface area (Å²) >= 11 is 0. The SMILES string of the molecule is Cc1cc(C#N)ccc1S(=O)(=O)N1CCC(c2nnc3n2CCNC3)CC1.Cl. The van der Waals surface area contributed by atoms with E-state index in [9.17, 15) is 8.42 Å². The van der Waals surface area contributed by atoms with Crippen LogP contribution in [0.2, 0.25) is 0 Å². The molecule has 1 saturated heterocycles. The molecular formula is C18H23ClN6O2S. The molecule has 1 N–H and O–H groups in total. The predicted molar refractivity (Wildman–Crippen MR) is 106 cm³/mol. The summed E-state index contributed by atoms with van der Waals surface area (Å²) in [5, 5.41) is 20.9. The Morgan fingerprint density at radius 3 is 2.64 bits per heavy atom. The van der Waals surface area contributed by atoms with Crippen LogP contribution >= 0.6 is 12.4 Å². The molecule has 4 rings (SSSR count). The largest absolute Gasteiger partial charge is 0.312 e. The zero-order valence-electron chi connectivity index (χ0n) is 15.6. The van der Waals surface area contributed by atoms with E-state index in [1.807, 2.05) is 6.07 Å². The number of nitriles is 1. The third kappa shape index (κ3) is 3.65. The molecular weight excluding hydrogens is 400 g/mol. The lowest BCUT2D eigenvalue weighted by Gasteiger charge is -2.31. The average molecular weight is 423 g/mol. The second-order valence-corrected chi connectivity index (χ2v) is 8.98. The standard InChI is InChI=1S/C18H22N6O2S.ClH/c1-13-10-14(11-19)2-3-16(13)27(25,26)23-7-4-15(5-8-23)18-22-21-17-12-20-6-9-24(17)18;/h2-3,10,15,20H,4-9,12H2,1H3;1H. The van der Waals surface area contributed by atoms with Crippen LogP contribution in [0.25, 0.3) is 0 Å². The molecule has 2 aliphatic rings. The molecule has 2 aliphatic heterocycles.